The minimum Gasteiger partial charge on any atom is -0.830 e. The second-order valence-electron chi connectivity index (χ2n) is 0.763. The van der Waals surface area contributed by atoms with Crippen LogP contribution in [0.2, 0.25) is 0 Å². The summed E-state index contributed by atoms with van der Waals surface area (Å²) in [6.07, 6.45) is 0. The van der Waals surface area contributed by atoms with Gasteiger partial charge in [0.05, 0.1) is 0 Å². The average molecular weight is 171 g/mol. The molecule has 0 bridgehead atoms. The smallest absolute Gasteiger partial charge is 0.129 e. The van der Waals surface area contributed by atoms with E-state index in [1.807, 2.05) is 0 Å². The Morgan fingerprint density at radius 2 is 1.71 bits per heavy atom. The van der Waals surface area contributed by atoms with E-state index in [2.05, 4.69) is 36.7 Å². The molecular weight excluding hydrogens is 171 g/mol. The van der Waals surface area contributed by atoms with Crippen molar-refractivity contribution in [1.29, 1.82) is 0 Å². The molecule has 0 aliphatic heterocycles. The second kappa shape index (κ2) is 2.44. The fraction of sp³-hybridized carbons (Fsp3) is 0. The number of hydrogen-bond donors (Lipinski definition) is 0. The van der Waals surface area contributed by atoms with Crippen LogP contribution in [0.25, 0.3) is 0 Å². The molecule has 6 heteroatoms. The lowest BCUT2D eigenvalue weighted by molar-refractivity contribution is -0.287. The van der Waals surface area contributed by atoms with Gasteiger partial charge in [0.15, 0.2) is 0 Å². The van der Waals surface area contributed by atoms with Crippen LogP contribution in [0.5, 0.6) is 0 Å². The topological polar surface area (TPSA) is 46.1 Å². The summed E-state index contributed by atoms with van der Waals surface area (Å²) < 4.78 is -0.525. The predicted octanol–water partition coefficient (Wildman–Crippen LogP) is -1.15. The van der Waals surface area contributed by atoms with Crippen LogP contribution in [0.1, 0.15) is 0 Å². The molecular formula is CO2PS3-3. The van der Waals surface area contributed by atoms with E-state index in [4.69, 9.17) is 0 Å². The van der Waals surface area contributed by atoms with Gasteiger partial charge >= 0.3 is 0 Å². The zero-order valence-corrected chi connectivity index (χ0v) is 6.33. The van der Waals surface area contributed by atoms with Crippen LogP contribution in [-0.4, -0.2) is 3.94 Å². The molecule has 0 saturated carbocycles. The Hall–Kier alpha value is 0.880. The van der Waals surface area contributed by atoms with Crippen LogP contribution < -0.4 is 9.79 Å². The van der Waals surface area contributed by atoms with Gasteiger partial charge in [0.1, 0.15) is 0 Å². The lowest BCUT2D eigenvalue weighted by Gasteiger charge is -2.39. The third-order valence-corrected chi connectivity index (χ3v) is 3.35. The van der Waals surface area contributed by atoms with Crippen LogP contribution in [0.15, 0.2) is 0 Å². The number of rotatable bonds is 1. The molecule has 42 valence electrons. The first-order chi connectivity index (χ1) is 2.94. The third kappa shape index (κ3) is 3.46. The Bertz CT molecular complexity index is 125. The Morgan fingerprint density at radius 3 is 1.71 bits per heavy atom. The maximum Gasteiger partial charge on any atom is -0.129 e. The molecule has 0 rings (SSSR count). The summed E-state index contributed by atoms with van der Waals surface area (Å²) in [4.78, 5) is 19.9. The SMILES string of the molecule is [O-]P([O-])(=S)C(=S)[S-]. The fourth-order valence-electron chi connectivity index (χ4n) is 0. The fourth-order valence-corrected chi connectivity index (χ4v) is 0. The molecule has 0 atom stereocenters. The first-order valence-electron chi connectivity index (χ1n) is 1.18. The molecule has 0 amide bonds. The van der Waals surface area contributed by atoms with Crippen molar-refractivity contribution in [1.82, 2.24) is 0 Å². The van der Waals surface area contributed by atoms with E-state index < -0.39 is 10.4 Å². The van der Waals surface area contributed by atoms with E-state index in [0.717, 1.165) is 0 Å². The van der Waals surface area contributed by atoms with Gasteiger partial charge in [-0.2, -0.15) is 0 Å². The van der Waals surface area contributed by atoms with Gasteiger partial charge in [-0.05, 0) is 0 Å². The molecule has 7 heavy (non-hydrogen) atoms. The van der Waals surface area contributed by atoms with Crippen molar-refractivity contribution in [3.8, 4) is 0 Å². The molecule has 0 radical (unpaired) electrons. The molecule has 0 heterocycles. The van der Waals surface area contributed by atoms with Gasteiger partial charge in [-0.15, -0.1) is 15.7 Å². The van der Waals surface area contributed by atoms with Crippen LogP contribution in [0.3, 0.4) is 0 Å². The van der Waals surface area contributed by atoms with Crippen molar-refractivity contribution >= 4 is 47.1 Å². The summed E-state index contributed by atoms with van der Waals surface area (Å²) in [5.41, 5.74) is 0. The van der Waals surface area contributed by atoms with Gasteiger partial charge in [-0.25, -0.2) is 6.49 Å². The molecule has 0 aliphatic rings. The molecule has 0 aromatic rings. The van der Waals surface area contributed by atoms with E-state index in [0.29, 0.717) is 0 Å². The van der Waals surface area contributed by atoms with E-state index >= 15 is 0 Å². The molecule has 0 aliphatic carbocycles. The molecule has 0 unspecified atom stereocenters. The van der Waals surface area contributed by atoms with E-state index in [1.54, 1.807) is 0 Å². The zero-order chi connectivity index (χ0) is 6.08. The van der Waals surface area contributed by atoms with Gasteiger partial charge in [0, 0.05) is 0 Å². The van der Waals surface area contributed by atoms with E-state index in [9.17, 15) is 9.79 Å². The van der Waals surface area contributed by atoms with Crippen LogP contribution in [0.4, 0.5) is 0 Å². The van der Waals surface area contributed by atoms with Crippen LogP contribution in [0, 0.1) is 0 Å². The summed E-state index contributed by atoms with van der Waals surface area (Å²) in [6, 6.07) is 0. The largest absolute Gasteiger partial charge is 0.830 e. The quantitative estimate of drug-likeness (QED) is 0.283. The molecule has 0 saturated heterocycles. The first-order valence-corrected chi connectivity index (χ1v) is 4.63. The van der Waals surface area contributed by atoms with Crippen LogP contribution >= 0.6 is 18.7 Å². The standard InChI is InChI=1S/CH3O2PS3/c2-4(3,7)1(5)6/h(H,5,6)(H2,2,3,7)/p-3. The zero-order valence-electron chi connectivity index (χ0n) is 2.99. The van der Waals surface area contributed by atoms with Crippen LogP contribution in [-0.2, 0) is 24.4 Å². The molecule has 0 aromatic carbocycles. The molecule has 0 spiro atoms. The summed E-state index contributed by atoms with van der Waals surface area (Å²) in [5.74, 6) is 0. The first kappa shape index (κ1) is 7.88. The van der Waals surface area contributed by atoms with Crippen molar-refractivity contribution in [2.45, 2.75) is 0 Å². The van der Waals surface area contributed by atoms with Gasteiger partial charge in [-0.3, -0.25) is 0 Å². The highest BCUT2D eigenvalue weighted by molar-refractivity contribution is 8.32. The summed E-state index contributed by atoms with van der Waals surface area (Å²) in [5, 5.41) is 0. The Kier molecular flexibility index (Phi) is 2.74. The summed E-state index contributed by atoms with van der Waals surface area (Å²) in [7, 11) is 0. The normalized spacial score (nSPS) is 11.1. The maximum atomic E-state index is 9.93. The molecule has 2 nitrogen and oxygen atoms in total. The number of thiocarbonyl (C=S) groups is 1. The third-order valence-electron chi connectivity index (χ3n) is 0.224. The highest BCUT2D eigenvalue weighted by Crippen LogP contribution is 2.24. The summed E-state index contributed by atoms with van der Waals surface area (Å²) in [6.45, 7) is -3.86. The lowest BCUT2D eigenvalue weighted by atomic mass is 11.9. The highest BCUT2D eigenvalue weighted by Gasteiger charge is 1.72. The van der Waals surface area contributed by atoms with E-state index in [-0.39, 0.29) is 0 Å². The Balaban J connectivity index is 4.09. The van der Waals surface area contributed by atoms with Crippen molar-refractivity contribution in [3.05, 3.63) is 0 Å². The lowest BCUT2D eigenvalue weighted by Crippen LogP contribution is -2.18. The molecule has 0 fully saturated rings. The maximum absolute atomic E-state index is 9.93. The number of hydrogen-bond acceptors (Lipinski definition) is 5. The van der Waals surface area contributed by atoms with E-state index in [1.165, 1.54) is 0 Å². The van der Waals surface area contributed by atoms with Gasteiger partial charge in [0.2, 0.25) is 0 Å². The molecule has 0 aromatic heterocycles. The van der Waals surface area contributed by atoms with Gasteiger partial charge < -0.3 is 34.6 Å². The Morgan fingerprint density at radius 1 is 1.57 bits per heavy atom. The van der Waals surface area contributed by atoms with Crippen molar-refractivity contribution in [2.24, 2.45) is 0 Å². The second-order valence-corrected chi connectivity index (χ2v) is 5.33. The Labute approximate surface area is 57.1 Å². The summed E-state index contributed by atoms with van der Waals surface area (Å²) >= 11 is 12.0. The van der Waals surface area contributed by atoms with Crippen molar-refractivity contribution in [3.63, 3.8) is 0 Å². The van der Waals surface area contributed by atoms with Crippen molar-refractivity contribution < 1.29 is 9.79 Å². The highest BCUT2D eigenvalue weighted by atomic mass is 32.5. The molecule has 0 N–H and O–H groups in total. The minimum absolute atomic E-state index is 0.525. The van der Waals surface area contributed by atoms with Gasteiger partial charge in [-0.1, -0.05) is 0 Å². The average Bonchev–Trinajstić information content (AvgIpc) is 1.31. The van der Waals surface area contributed by atoms with Gasteiger partial charge in [0.25, 0.3) is 0 Å². The minimum atomic E-state index is -3.86. The monoisotopic (exact) mass is 171 g/mol. The predicted molar refractivity (Wildman–Crippen MR) is 34.2 cm³/mol. The van der Waals surface area contributed by atoms with Crippen molar-refractivity contribution in [2.75, 3.05) is 0 Å².